The molecule has 1 amide bonds. The van der Waals surface area contributed by atoms with Gasteiger partial charge in [0.05, 0.1) is 11.2 Å². The van der Waals surface area contributed by atoms with Crippen molar-refractivity contribution in [2.75, 3.05) is 5.32 Å². The van der Waals surface area contributed by atoms with Gasteiger partial charge in [-0.05, 0) is 24.3 Å². The SMILES string of the molecule is Cn1nc(-c2ccccn2)c2c1NC(=O)C[C@H]2Cn1c(=O)oc2ccccc21. The van der Waals surface area contributed by atoms with E-state index >= 15 is 0 Å². The number of aromatic nitrogens is 4. The van der Waals surface area contributed by atoms with Crippen LogP contribution in [-0.4, -0.2) is 25.2 Å². The Labute approximate surface area is 159 Å². The van der Waals surface area contributed by atoms with Crippen LogP contribution in [0.1, 0.15) is 17.9 Å². The van der Waals surface area contributed by atoms with E-state index in [2.05, 4.69) is 15.4 Å². The zero-order valence-corrected chi connectivity index (χ0v) is 15.1. The summed E-state index contributed by atoms with van der Waals surface area (Å²) in [5.74, 6) is -0.123. The number of nitrogens with zero attached hydrogens (tertiary/aromatic N) is 4. The number of nitrogens with one attached hydrogen (secondary N) is 1. The predicted octanol–water partition coefficient (Wildman–Crippen LogP) is 2.52. The molecule has 0 bridgehead atoms. The maximum atomic E-state index is 12.4. The van der Waals surface area contributed by atoms with Crippen LogP contribution in [0.3, 0.4) is 0 Å². The highest BCUT2D eigenvalue weighted by Gasteiger charge is 2.33. The molecule has 0 saturated carbocycles. The molecule has 8 nitrogen and oxygen atoms in total. The second-order valence-corrected chi connectivity index (χ2v) is 6.84. The van der Waals surface area contributed by atoms with Gasteiger partial charge in [0.15, 0.2) is 5.58 Å². The number of para-hydroxylation sites is 2. The van der Waals surface area contributed by atoms with E-state index in [1.54, 1.807) is 28.6 Å². The topological polar surface area (TPSA) is 95.0 Å². The number of aryl methyl sites for hydroxylation is 1. The first-order valence-electron chi connectivity index (χ1n) is 8.98. The van der Waals surface area contributed by atoms with Crippen molar-refractivity contribution < 1.29 is 9.21 Å². The molecule has 1 N–H and O–H groups in total. The Morgan fingerprint density at radius 3 is 2.82 bits per heavy atom. The van der Waals surface area contributed by atoms with E-state index in [0.717, 1.165) is 11.3 Å². The van der Waals surface area contributed by atoms with Crippen molar-refractivity contribution in [3.63, 3.8) is 0 Å². The monoisotopic (exact) mass is 375 g/mol. The van der Waals surface area contributed by atoms with Crippen LogP contribution in [0.15, 0.2) is 57.9 Å². The highest BCUT2D eigenvalue weighted by molar-refractivity contribution is 5.95. The van der Waals surface area contributed by atoms with Crippen molar-refractivity contribution in [2.24, 2.45) is 7.05 Å². The third-order valence-electron chi connectivity index (χ3n) is 5.07. The first-order chi connectivity index (χ1) is 13.6. The quantitative estimate of drug-likeness (QED) is 0.594. The summed E-state index contributed by atoms with van der Waals surface area (Å²) in [6.45, 7) is 0.321. The lowest BCUT2D eigenvalue weighted by Crippen LogP contribution is -2.28. The van der Waals surface area contributed by atoms with E-state index in [-0.39, 0.29) is 18.2 Å². The van der Waals surface area contributed by atoms with Gasteiger partial charge >= 0.3 is 5.76 Å². The maximum absolute atomic E-state index is 12.4. The molecule has 0 unspecified atom stereocenters. The van der Waals surface area contributed by atoms with Gasteiger partial charge in [-0.2, -0.15) is 5.10 Å². The number of rotatable bonds is 3. The fraction of sp³-hybridized carbons (Fsp3) is 0.200. The molecule has 4 aromatic rings. The van der Waals surface area contributed by atoms with Crippen molar-refractivity contribution in [1.82, 2.24) is 19.3 Å². The maximum Gasteiger partial charge on any atom is 0.419 e. The van der Waals surface area contributed by atoms with Crippen LogP contribution in [0.5, 0.6) is 0 Å². The second kappa shape index (κ2) is 6.19. The minimum atomic E-state index is -0.433. The van der Waals surface area contributed by atoms with E-state index in [1.807, 2.05) is 36.4 Å². The summed E-state index contributed by atoms with van der Waals surface area (Å²) in [5.41, 5.74) is 3.57. The fourth-order valence-electron chi connectivity index (χ4n) is 3.84. The summed E-state index contributed by atoms with van der Waals surface area (Å²) >= 11 is 0. The highest BCUT2D eigenvalue weighted by Crippen LogP contribution is 2.39. The van der Waals surface area contributed by atoms with Gasteiger partial charge in [-0.1, -0.05) is 18.2 Å². The number of anilines is 1. The Hall–Kier alpha value is -3.68. The lowest BCUT2D eigenvalue weighted by molar-refractivity contribution is -0.117. The average molecular weight is 375 g/mol. The van der Waals surface area contributed by atoms with Gasteiger partial charge in [0.2, 0.25) is 5.91 Å². The largest absolute Gasteiger partial charge is 0.419 e. The number of oxazole rings is 1. The van der Waals surface area contributed by atoms with Crippen molar-refractivity contribution in [1.29, 1.82) is 0 Å². The van der Waals surface area contributed by atoms with Crippen molar-refractivity contribution in [3.8, 4) is 11.4 Å². The summed E-state index contributed by atoms with van der Waals surface area (Å²) < 4.78 is 8.58. The number of fused-ring (bicyclic) bond motifs is 2. The predicted molar refractivity (Wildman–Crippen MR) is 103 cm³/mol. The molecule has 140 valence electrons. The number of hydrogen-bond donors (Lipinski definition) is 1. The molecule has 8 heteroatoms. The van der Waals surface area contributed by atoms with Crippen molar-refractivity contribution >= 4 is 22.8 Å². The molecule has 1 aliphatic heterocycles. The second-order valence-electron chi connectivity index (χ2n) is 6.84. The Balaban J connectivity index is 1.65. The van der Waals surface area contributed by atoms with Crippen LogP contribution in [0, 0.1) is 0 Å². The molecule has 1 atom stereocenters. The molecular formula is C20H17N5O3. The molecule has 3 aromatic heterocycles. The van der Waals surface area contributed by atoms with Gasteiger partial charge in [0.1, 0.15) is 11.5 Å². The molecule has 0 saturated heterocycles. The Kier molecular flexibility index (Phi) is 3.65. The van der Waals surface area contributed by atoms with Crippen LogP contribution >= 0.6 is 0 Å². The number of carbonyl (C=O) groups excluding carboxylic acids is 1. The number of pyridine rings is 1. The zero-order chi connectivity index (χ0) is 19.3. The van der Waals surface area contributed by atoms with Gasteiger partial charge in [-0.25, -0.2) is 4.79 Å². The van der Waals surface area contributed by atoms with Gasteiger partial charge in [0.25, 0.3) is 0 Å². The first kappa shape index (κ1) is 16.5. The van der Waals surface area contributed by atoms with Crippen molar-refractivity contribution in [3.05, 3.63) is 64.8 Å². The minimum absolute atomic E-state index is 0.103. The lowest BCUT2D eigenvalue weighted by atomic mass is 9.90. The third-order valence-corrected chi connectivity index (χ3v) is 5.07. The number of carbonyl (C=O) groups is 1. The zero-order valence-electron chi connectivity index (χ0n) is 15.1. The van der Waals surface area contributed by atoms with E-state index in [4.69, 9.17) is 4.42 Å². The molecule has 5 rings (SSSR count). The normalized spacial score (nSPS) is 16.2. The number of amides is 1. The minimum Gasteiger partial charge on any atom is -0.408 e. The van der Waals surface area contributed by atoms with Crippen LogP contribution in [-0.2, 0) is 18.4 Å². The Bertz CT molecular complexity index is 1250. The third kappa shape index (κ3) is 2.53. The molecule has 0 aliphatic carbocycles. The highest BCUT2D eigenvalue weighted by atomic mass is 16.4. The van der Waals surface area contributed by atoms with Crippen LogP contribution < -0.4 is 11.1 Å². The molecular weight excluding hydrogens is 358 g/mol. The Morgan fingerprint density at radius 1 is 1.18 bits per heavy atom. The summed E-state index contributed by atoms with van der Waals surface area (Å²) in [6, 6.07) is 12.9. The summed E-state index contributed by atoms with van der Waals surface area (Å²) in [6.07, 6.45) is 1.96. The molecule has 0 fully saturated rings. The van der Waals surface area contributed by atoms with E-state index in [9.17, 15) is 9.59 Å². The average Bonchev–Trinajstić information content (AvgIpc) is 3.20. The van der Waals surface area contributed by atoms with E-state index < -0.39 is 5.76 Å². The van der Waals surface area contributed by atoms with Gasteiger partial charge in [0, 0.05) is 37.7 Å². The number of hydrogen-bond acceptors (Lipinski definition) is 5. The van der Waals surface area contributed by atoms with Gasteiger partial charge < -0.3 is 9.73 Å². The van der Waals surface area contributed by atoms with Crippen LogP contribution in [0.25, 0.3) is 22.5 Å². The molecule has 0 radical (unpaired) electrons. The fourth-order valence-corrected chi connectivity index (χ4v) is 3.84. The lowest BCUT2D eigenvalue weighted by Gasteiger charge is -2.24. The van der Waals surface area contributed by atoms with Gasteiger partial charge in [-0.15, -0.1) is 0 Å². The first-order valence-corrected chi connectivity index (χ1v) is 8.98. The molecule has 4 heterocycles. The summed E-state index contributed by atoms with van der Waals surface area (Å²) in [7, 11) is 1.79. The summed E-state index contributed by atoms with van der Waals surface area (Å²) in [4.78, 5) is 29.2. The Morgan fingerprint density at radius 2 is 2.00 bits per heavy atom. The number of benzene rings is 1. The van der Waals surface area contributed by atoms with Crippen LogP contribution in [0.4, 0.5) is 5.82 Å². The molecule has 1 aromatic carbocycles. The standard InChI is InChI=1S/C20H17N5O3/c1-24-19-17(18(23-24)13-6-4-5-9-21-13)12(10-16(26)22-19)11-25-14-7-2-3-8-15(14)28-20(25)27/h2-9,12H,10-11H2,1H3,(H,22,26)/t12-/m0/s1. The van der Waals surface area contributed by atoms with Crippen LogP contribution in [0.2, 0.25) is 0 Å². The van der Waals surface area contributed by atoms with Gasteiger partial charge in [-0.3, -0.25) is 19.0 Å². The summed E-state index contributed by atoms with van der Waals surface area (Å²) in [5, 5.41) is 7.49. The smallest absolute Gasteiger partial charge is 0.408 e. The molecule has 0 spiro atoms. The van der Waals surface area contributed by atoms with E-state index in [0.29, 0.717) is 29.2 Å². The van der Waals surface area contributed by atoms with Crippen molar-refractivity contribution in [2.45, 2.75) is 18.9 Å². The van der Waals surface area contributed by atoms with E-state index in [1.165, 1.54) is 0 Å². The molecule has 1 aliphatic rings. The molecule has 28 heavy (non-hydrogen) atoms.